The molecule has 4 aliphatic carbocycles. The van der Waals surface area contributed by atoms with Gasteiger partial charge in [0.15, 0.2) is 5.84 Å². The maximum atomic E-state index is 12.5. The third kappa shape index (κ3) is 2.74. The molecule has 4 bridgehead atoms. The summed E-state index contributed by atoms with van der Waals surface area (Å²) in [6.07, 6.45) is 8.41. The zero-order valence-corrected chi connectivity index (χ0v) is 13.1. The maximum Gasteiger partial charge on any atom is 0.221 e. The van der Waals surface area contributed by atoms with E-state index in [4.69, 9.17) is 10.9 Å². The molecule has 0 heterocycles. The average Bonchev–Trinajstić information content (AvgIpc) is 2.34. The lowest BCUT2D eigenvalue weighted by Gasteiger charge is -2.56. The number of oxime groups is 1. The van der Waals surface area contributed by atoms with Crippen LogP contribution >= 0.6 is 0 Å². The minimum atomic E-state index is -0.797. The molecule has 4 rings (SSSR count). The average molecular weight is 293 g/mol. The SMILES string of the molecule is CC(C)(NC(=O)CC12CC3CC(CC(C3)C1)C2)C(N)=NO. The number of hydrogen-bond donors (Lipinski definition) is 3. The second-order valence-corrected chi connectivity index (χ2v) is 8.25. The summed E-state index contributed by atoms with van der Waals surface area (Å²) in [4.78, 5) is 12.5. The highest BCUT2D eigenvalue weighted by Crippen LogP contribution is 2.61. The molecule has 0 radical (unpaired) electrons. The van der Waals surface area contributed by atoms with Crippen molar-refractivity contribution >= 4 is 11.7 Å². The minimum absolute atomic E-state index is 0.0357. The Morgan fingerprint density at radius 1 is 1.24 bits per heavy atom. The predicted octanol–water partition coefficient (Wildman–Crippen LogP) is 2.23. The third-order valence-electron chi connectivity index (χ3n) is 5.90. The van der Waals surface area contributed by atoms with Crippen molar-refractivity contribution in [2.45, 2.75) is 64.3 Å². The van der Waals surface area contributed by atoms with Gasteiger partial charge in [0.05, 0.1) is 5.54 Å². The van der Waals surface area contributed by atoms with Gasteiger partial charge in [0.1, 0.15) is 0 Å². The van der Waals surface area contributed by atoms with Crippen molar-refractivity contribution in [3.05, 3.63) is 0 Å². The summed E-state index contributed by atoms with van der Waals surface area (Å²) in [5, 5.41) is 14.7. The molecular formula is C16H27N3O2. The molecule has 4 saturated carbocycles. The molecule has 0 aromatic rings. The molecule has 4 aliphatic rings. The van der Waals surface area contributed by atoms with E-state index in [2.05, 4.69) is 10.5 Å². The van der Waals surface area contributed by atoms with Crippen LogP contribution in [0.4, 0.5) is 0 Å². The summed E-state index contributed by atoms with van der Waals surface area (Å²) in [5.74, 6) is 2.62. The highest BCUT2D eigenvalue weighted by atomic mass is 16.4. The first-order valence-electron chi connectivity index (χ1n) is 8.11. The smallest absolute Gasteiger partial charge is 0.221 e. The first-order valence-corrected chi connectivity index (χ1v) is 8.11. The summed E-state index contributed by atoms with van der Waals surface area (Å²) >= 11 is 0. The largest absolute Gasteiger partial charge is 0.409 e. The van der Waals surface area contributed by atoms with Crippen LogP contribution in [-0.4, -0.2) is 22.5 Å². The van der Waals surface area contributed by atoms with E-state index in [1.54, 1.807) is 13.8 Å². The van der Waals surface area contributed by atoms with Gasteiger partial charge < -0.3 is 16.3 Å². The van der Waals surface area contributed by atoms with Gasteiger partial charge in [-0.3, -0.25) is 4.79 Å². The summed E-state index contributed by atoms with van der Waals surface area (Å²) < 4.78 is 0. The van der Waals surface area contributed by atoms with Crippen molar-refractivity contribution in [2.24, 2.45) is 34.1 Å². The molecule has 0 atom stereocenters. The van der Waals surface area contributed by atoms with Gasteiger partial charge in [-0.05, 0) is 75.5 Å². The Bertz CT molecular complexity index is 435. The second kappa shape index (κ2) is 4.89. The number of rotatable bonds is 4. The van der Waals surface area contributed by atoms with Gasteiger partial charge in [-0.2, -0.15) is 0 Å². The summed E-state index contributed by atoms with van der Waals surface area (Å²) in [6.45, 7) is 3.53. The van der Waals surface area contributed by atoms with Gasteiger partial charge >= 0.3 is 0 Å². The number of carbonyl (C=O) groups excluding carboxylic acids is 1. The quantitative estimate of drug-likeness (QED) is 0.321. The normalized spacial score (nSPS) is 38.6. The van der Waals surface area contributed by atoms with Crippen LogP contribution in [0.1, 0.15) is 58.8 Å². The molecule has 0 saturated heterocycles. The molecule has 4 N–H and O–H groups in total. The first-order chi connectivity index (χ1) is 9.82. The number of nitrogens with one attached hydrogen (secondary N) is 1. The van der Waals surface area contributed by atoms with E-state index in [1.807, 2.05) is 0 Å². The Labute approximate surface area is 126 Å². The number of nitrogens with zero attached hydrogens (tertiary/aromatic N) is 1. The van der Waals surface area contributed by atoms with E-state index in [1.165, 1.54) is 38.5 Å². The van der Waals surface area contributed by atoms with E-state index in [0.717, 1.165) is 17.8 Å². The van der Waals surface area contributed by atoms with Gasteiger partial charge in [0.25, 0.3) is 0 Å². The van der Waals surface area contributed by atoms with Gasteiger partial charge in [-0.25, -0.2) is 0 Å². The molecule has 1 amide bonds. The van der Waals surface area contributed by atoms with Gasteiger partial charge in [-0.1, -0.05) is 5.16 Å². The Hall–Kier alpha value is -1.26. The highest BCUT2D eigenvalue weighted by molar-refractivity contribution is 5.93. The van der Waals surface area contributed by atoms with Crippen molar-refractivity contribution < 1.29 is 10.0 Å². The minimum Gasteiger partial charge on any atom is -0.409 e. The summed E-state index contributed by atoms with van der Waals surface area (Å²) in [6, 6.07) is 0. The lowest BCUT2D eigenvalue weighted by Crippen LogP contribution is -2.55. The standard InChI is InChI=1S/C16H27N3O2/c1-15(2,14(17)19-21)18-13(20)9-16-6-10-3-11(7-16)5-12(4-10)8-16/h10-12,21H,3-9H2,1-2H3,(H2,17,19)(H,18,20). The molecule has 118 valence electrons. The van der Waals surface area contributed by atoms with Crippen LogP contribution in [0.25, 0.3) is 0 Å². The number of nitrogens with two attached hydrogens (primary N) is 1. The number of amidine groups is 1. The molecule has 4 fully saturated rings. The molecule has 0 unspecified atom stereocenters. The molecular weight excluding hydrogens is 266 g/mol. The van der Waals surface area contributed by atoms with E-state index in [0.29, 0.717) is 6.42 Å². The fourth-order valence-corrected chi connectivity index (χ4v) is 5.43. The van der Waals surface area contributed by atoms with Crippen molar-refractivity contribution in [2.75, 3.05) is 0 Å². The lowest BCUT2D eigenvalue weighted by atomic mass is 9.49. The van der Waals surface area contributed by atoms with Crippen LogP contribution in [0, 0.1) is 23.2 Å². The second-order valence-electron chi connectivity index (χ2n) is 8.25. The fraction of sp³-hybridized carbons (Fsp3) is 0.875. The lowest BCUT2D eigenvalue weighted by molar-refractivity contribution is -0.130. The maximum absolute atomic E-state index is 12.5. The van der Waals surface area contributed by atoms with Crippen LogP contribution in [-0.2, 0) is 4.79 Å². The van der Waals surface area contributed by atoms with Gasteiger partial charge in [-0.15, -0.1) is 0 Å². The molecule has 0 spiro atoms. The molecule has 5 nitrogen and oxygen atoms in total. The van der Waals surface area contributed by atoms with Crippen molar-refractivity contribution in [1.29, 1.82) is 0 Å². The van der Waals surface area contributed by atoms with Gasteiger partial charge in [0, 0.05) is 6.42 Å². The van der Waals surface area contributed by atoms with E-state index in [9.17, 15) is 4.79 Å². The van der Waals surface area contributed by atoms with Crippen LogP contribution in [0.3, 0.4) is 0 Å². The monoisotopic (exact) mass is 293 g/mol. The number of amides is 1. The molecule has 0 aromatic heterocycles. The molecule has 21 heavy (non-hydrogen) atoms. The zero-order valence-electron chi connectivity index (χ0n) is 13.1. The topological polar surface area (TPSA) is 87.7 Å². The van der Waals surface area contributed by atoms with Gasteiger partial charge in [0.2, 0.25) is 5.91 Å². The summed E-state index contributed by atoms with van der Waals surface area (Å²) in [7, 11) is 0. The van der Waals surface area contributed by atoms with E-state index < -0.39 is 5.54 Å². The Kier molecular flexibility index (Phi) is 3.41. The molecule has 5 heteroatoms. The summed E-state index contributed by atoms with van der Waals surface area (Å²) in [5.41, 5.74) is 5.07. The Morgan fingerprint density at radius 3 is 2.14 bits per heavy atom. The third-order valence-corrected chi connectivity index (χ3v) is 5.90. The van der Waals surface area contributed by atoms with E-state index in [-0.39, 0.29) is 17.2 Å². The predicted molar refractivity (Wildman–Crippen MR) is 80.9 cm³/mol. The zero-order chi connectivity index (χ0) is 15.3. The van der Waals surface area contributed by atoms with Crippen LogP contribution < -0.4 is 11.1 Å². The van der Waals surface area contributed by atoms with Crippen LogP contribution in [0.2, 0.25) is 0 Å². The Balaban J connectivity index is 1.65. The molecule has 0 aliphatic heterocycles. The molecule has 0 aromatic carbocycles. The first kappa shape index (κ1) is 14.7. The van der Waals surface area contributed by atoms with Crippen molar-refractivity contribution in [1.82, 2.24) is 5.32 Å². The fourth-order valence-electron chi connectivity index (χ4n) is 5.43. The number of carbonyl (C=O) groups is 1. The number of hydrogen-bond acceptors (Lipinski definition) is 3. The Morgan fingerprint density at radius 2 is 1.71 bits per heavy atom. The van der Waals surface area contributed by atoms with Crippen LogP contribution in [0.5, 0.6) is 0 Å². The van der Waals surface area contributed by atoms with Crippen molar-refractivity contribution in [3.63, 3.8) is 0 Å². The highest BCUT2D eigenvalue weighted by Gasteiger charge is 2.51. The van der Waals surface area contributed by atoms with Crippen molar-refractivity contribution in [3.8, 4) is 0 Å². The van der Waals surface area contributed by atoms with Crippen LogP contribution in [0.15, 0.2) is 5.16 Å². The van der Waals surface area contributed by atoms with E-state index >= 15 is 0 Å².